The fourth-order valence-corrected chi connectivity index (χ4v) is 2.35. The molecule has 0 aliphatic heterocycles. The summed E-state index contributed by atoms with van der Waals surface area (Å²) in [6.45, 7) is 3.84. The number of nitrogens with zero attached hydrogens (tertiary/aromatic N) is 2. The monoisotopic (exact) mass is 287 g/mol. The van der Waals surface area contributed by atoms with Gasteiger partial charge in [-0.05, 0) is 25.8 Å². The van der Waals surface area contributed by atoms with Gasteiger partial charge < -0.3 is 15.0 Å². The third-order valence-corrected chi connectivity index (χ3v) is 3.54. The molecule has 21 heavy (non-hydrogen) atoms. The van der Waals surface area contributed by atoms with E-state index in [4.69, 9.17) is 0 Å². The first-order valence-electron chi connectivity index (χ1n) is 6.99. The smallest absolute Gasteiger partial charge is 0.270 e. The molecule has 0 unspecified atom stereocenters. The van der Waals surface area contributed by atoms with E-state index in [1.807, 2.05) is 38.1 Å². The van der Waals surface area contributed by atoms with Gasteiger partial charge >= 0.3 is 0 Å². The zero-order chi connectivity index (χ0) is 15.4. The van der Waals surface area contributed by atoms with Gasteiger partial charge in [0.25, 0.3) is 5.91 Å². The zero-order valence-corrected chi connectivity index (χ0v) is 12.6. The average molecular weight is 287 g/mol. The zero-order valence-electron chi connectivity index (χ0n) is 12.6. The number of carbonyl (C=O) groups excluding carboxylic acids is 1. The predicted molar refractivity (Wildman–Crippen MR) is 81.0 cm³/mol. The molecule has 0 fully saturated rings. The topological polar surface area (TPSA) is 67.2 Å². The second kappa shape index (κ2) is 6.54. The number of hydrogen-bond donors (Lipinski definition) is 2. The van der Waals surface area contributed by atoms with E-state index >= 15 is 0 Å². The number of benzene rings is 1. The number of nitrogens with one attached hydrogen (secondary N) is 1. The summed E-state index contributed by atoms with van der Waals surface area (Å²) in [4.78, 5) is 16.5. The second-order valence-electron chi connectivity index (χ2n) is 5.24. The molecule has 1 heterocycles. The predicted octanol–water partition coefficient (Wildman–Crippen LogP) is 1.89. The summed E-state index contributed by atoms with van der Waals surface area (Å²) < 4.78 is 1.70. The summed E-state index contributed by atoms with van der Waals surface area (Å²) in [5.74, 6) is -0.175. The number of amides is 1. The lowest BCUT2D eigenvalue weighted by atomic mass is 10.0. The maximum Gasteiger partial charge on any atom is 0.270 e. The summed E-state index contributed by atoms with van der Waals surface area (Å²) in [6, 6.07) is 7.75. The van der Waals surface area contributed by atoms with Crippen LogP contribution in [0.4, 0.5) is 0 Å². The van der Waals surface area contributed by atoms with Crippen LogP contribution in [-0.4, -0.2) is 27.2 Å². The van der Waals surface area contributed by atoms with Crippen molar-refractivity contribution in [1.29, 1.82) is 0 Å². The van der Waals surface area contributed by atoms with E-state index in [2.05, 4.69) is 10.3 Å². The maximum atomic E-state index is 12.4. The molecule has 0 saturated carbocycles. The van der Waals surface area contributed by atoms with E-state index in [0.717, 1.165) is 11.1 Å². The number of rotatable bonds is 5. The van der Waals surface area contributed by atoms with Crippen LogP contribution < -0.4 is 5.32 Å². The Morgan fingerprint density at radius 1 is 1.33 bits per heavy atom. The highest BCUT2D eigenvalue weighted by Gasteiger charge is 2.19. The van der Waals surface area contributed by atoms with Gasteiger partial charge in [-0.15, -0.1) is 0 Å². The maximum absolute atomic E-state index is 12.4. The number of carbonyl (C=O) groups is 1. The third-order valence-electron chi connectivity index (χ3n) is 3.54. The lowest BCUT2D eigenvalue weighted by Gasteiger charge is -2.19. The van der Waals surface area contributed by atoms with Crippen LogP contribution >= 0.6 is 0 Å². The molecule has 5 heteroatoms. The van der Waals surface area contributed by atoms with Gasteiger partial charge in [0.1, 0.15) is 5.69 Å². The quantitative estimate of drug-likeness (QED) is 0.882. The molecule has 1 atom stereocenters. The Balaban J connectivity index is 2.20. The van der Waals surface area contributed by atoms with E-state index < -0.39 is 0 Å². The molecule has 0 aliphatic rings. The minimum atomic E-state index is -0.211. The Kier molecular flexibility index (Phi) is 4.75. The summed E-state index contributed by atoms with van der Waals surface area (Å²) >= 11 is 0. The average Bonchev–Trinajstić information content (AvgIpc) is 2.78. The van der Waals surface area contributed by atoms with Crippen LogP contribution in [0.3, 0.4) is 0 Å². The normalized spacial score (nSPS) is 12.2. The van der Waals surface area contributed by atoms with E-state index in [1.165, 1.54) is 0 Å². The number of aliphatic hydroxyl groups is 1. The van der Waals surface area contributed by atoms with Crippen molar-refractivity contribution in [3.05, 3.63) is 53.1 Å². The SMILES string of the molecule is Cc1ccc([C@H](CCO)NC(=O)c2c(C)ncn2C)cc1. The van der Waals surface area contributed by atoms with Gasteiger partial charge in [0.2, 0.25) is 0 Å². The molecule has 0 spiro atoms. The summed E-state index contributed by atoms with van der Waals surface area (Å²) in [5.41, 5.74) is 3.39. The minimum Gasteiger partial charge on any atom is -0.396 e. The minimum absolute atomic E-state index is 0.0171. The van der Waals surface area contributed by atoms with Crippen molar-refractivity contribution in [3.63, 3.8) is 0 Å². The molecule has 2 N–H and O–H groups in total. The van der Waals surface area contributed by atoms with Crippen molar-refractivity contribution in [2.75, 3.05) is 6.61 Å². The van der Waals surface area contributed by atoms with Crippen LogP contribution in [0.2, 0.25) is 0 Å². The third kappa shape index (κ3) is 3.49. The Labute approximate surface area is 124 Å². The van der Waals surface area contributed by atoms with E-state index in [0.29, 0.717) is 17.8 Å². The fourth-order valence-electron chi connectivity index (χ4n) is 2.35. The van der Waals surface area contributed by atoms with E-state index in [9.17, 15) is 9.90 Å². The first-order chi connectivity index (χ1) is 10.0. The van der Waals surface area contributed by atoms with Crippen LogP contribution in [0, 0.1) is 13.8 Å². The van der Waals surface area contributed by atoms with Crippen molar-refractivity contribution < 1.29 is 9.90 Å². The highest BCUT2D eigenvalue weighted by Crippen LogP contribution is 2.18. The van der Waals surface area contributed by atoms with Gasteiger partial charge in [0, 0.05) is 13.7 Å². The lowest BCUT2D eigenvalue weighted by molar-refractivity contribution is 0.0921. The van der Waals surface area contributed by atoms with Crippen molar-refractivity contribution in [1.82, 2.24) is 14.9 Å². The highest BCUT2D eigenvalue weighted by molar-refractivity contribution is 5.93. The number of aromatic nitrogens is 2. The van der Waals surface area contributed by atoms with Gasteiger partial charge in [0.15, 0.2) is 0 Å². The van der Waals surface area contributed by atoms with Crippen LogP contribution in [0.25, 0.3) is 0 Å². The molecule has 1 amide bonds. The Hall–Kier alpha value is -2.14. The Morgan fingerprint density at radius 3 is 2.52 bits per heavy atom. The summed E-state index contributed by atoms with van der Waals surface area (Å²) in [7, 11) is 1.79. The molecule has 0 bridgehead atoms. The fraction of sp³-hybridized carbons (Fsp3) is 0.375. The molecule has 1 aromatic heterocycles. The van der Waals surface area contributed by atoms with Gasteiger partial charge in [-0.2, -0.15) is 0 Å². The van der Waals surface area contributed by atoms with Crippen LogP contribution in [0.15, 0.2) is 30.6 Å². The summed E-state index contributed by atoms with van der Waals surface area (Å²) in [6.07, 6.45) is 2.10. The van der Waals surface area contributed by atoms with Crippen LogP contribution in [0.1, 0.15) is 39.8 Å². The van der Waals surface area contributed by atoms with Gasteiger partial charge in [-0.25, -0.2) is 4.98 Å². The number of aryl methyl sites for hydroxylation is 3. The van der Waals surface area contributed by atoms with Crippen molar-refractivity contribution in [2.24, 2.45) is 7.05 Å². The molecule has 112 valence electrons. The van der Waals surface area contributed by atoms with Crippen molar-refractivity contribution in [2.45, 2.75) is 26.3 Å². The standard InChI is InChI=1S/C16H21N3O2/c1-11-4-6-13(7-5-11)14(8-9-20)18-16(21)15-12(2)17-10-19(15)3/h4-7,10,14,20H,8-9H2,1-3H3,(H,18,21)/t14-/m0/s1. The lowest BCUT2D eigenvalue weighted by Crippen LogP contribution is -2.31. The van der Waals surface area contributed by atoms with Gasteiger partial charge in [-0.3, -0.25) is 4.79 Å². The first-order valence-corrected chi connectivity index (χ1v) is 6.99. The number of aliphatic hydroxyl groups excluding tert-OH is 1. The number of imidazole rings is 1. The van der Waals surface area contributed by atoms with E-state index in [-0.39, 0.29) is 18.6 Å². The molecule has 2 aromatic rings. The van der Waals surface area contributed by atoms with Crippen LogP contribution in [0.5, 0.6) is 0 Å². The molecule has 0 saturated heterocycles. The number of hydrogen-bond acceptors (Lipinski definition) is 3. The van der Waals surface area contributed by atoms with Crippen molar-refractivity contribution >= 4 is 5.91 Å². The molecule has 1 aromatic carbocycles. The Morgan fingerprint density at radius 2 is 2.00 bits per heavy atom. The van der Waals surface area contributed by atoms with Crippen molar-refractivity contribution in [3.8, 4) is 0 Å². The Bertz CT molecular complexity index is 597. The van der Waals surface area contributed by atoms with Crippen LogP contribution in [-0.2, 0) is 7.05 Å². The molecule has 2 rings (SSSR count). The van der Waals surface area contributed by atoms with Gasteiger partial charge in [0.05, 0.1) is 18.1 Å². The largest absolute Gasteiger partial charge is 0.396 e. The summed E-state index contributed by atoms with van der Waals surface area (Å²) in [5, 5.41) is 12.2. The second-order valence-corrected chi connectivity index (χ2v) is 5.24. The molecule has 0 aliphatic carbocycles. The molecule has 0 radical (unpaired) electrons. The molecular weight excluding hydrogens is 266 g/mol. The van der Waals surface area contributed by atoms with Gasteiger partial charge in [-0.1, -0.05) is 29.8 Å². The highest BCUT2D eigenvalue weighted by atomic mass is 16.3. The molecule has 5 nitrogen and oxygen atoms in total. The first kappa shape index (κ1) is 15.3. The molecular formula is C16H21N3O2. The van der Waals surface area contributed by atoms with E-state index in [1.54, 1.807) is 17.9 Å².